The fourth-order valence-corrected chi connectivity index (χ4v) is 1.09. The summed E-state index contributed by atoms with van der Waals surface area (Å²) < 4.78 is 1.87. The van der Waals surface area contributed by atoms with Gasteiger partial charge in [0.05, 0.1) is 5.56 Å². The van der Waals surface area contributed by atoms with Gasteiger partial charge in [0.25, 0.3) is 0 Å². The highest BCUT2D eigenvalue weighted by molar-refractivity contribution is 5.77. The van der Waals surface area contributed by atoms with E-state index in [4.69, 9.17) is 0 Å². The monoisotopic (exact) mass is 132 g/mol. The molecule has 0 fully saturated rings. The van der Waals surface area contributed by atoms with Crippen LogP contribution in [-0.2, 0) is 0 Å². The third-order valence-electron chi connectivity index (χ3n) is 1.65. The van der Waals surface area contributed by atoms with Crippen LogP contribution in [0.15, 0.2) is 18.6 Å². The zero-order valence-corrected chi connectivity index (χ0v) is 5.07. The van der Waals surface area contributed by atoms with Crippen molar-refractivity contribution < 1.29 is 0 Å². The maximum Gasteiger partial charge on any atom is 0.164 e. The maximum atomic E-state index is 4.08. The van der Waals surface area contributed by atoms with Crippen LogP contribution >= 0.6 is 0 Å². The Hall–Kier alpha value is -1.58. The molecule has 0 saturated carbocycles. The molecule has 0 saturated heterocycles. The van der Waals surface area contributed by atoms with Gasteiger partial charge in [-0.3, -0.25) is 5.43 Å². The molecule has 1 N–H and O–H groups in total. The molecule has 0 bridgehead atoms. The van der Waals surface area contributed by atoms with E-state index in [9.17, 15) is 0 Å². The minimum Gasteiger partial charge on any atom is -0.274 e. The van der Waals surface area contributed by atoms with E-state index in [1.165, 1.54) is 0 Å². The molecular weight excluding hydrogens is 128 g/mol. The third kappa shape index (κ3) is 0.344. The summed E-state index contributed by atoms with van der Waals surface area (Å²) in [6, 6.07) is 1.95. The molecular formula is C6H4N4. The quantitative estimate of drug-likeness (QED) is 0.455. The minimum atomic E-state index is 0.816. The second kappa shape index (κ2) is 1.13. The Balaban J connectivity index is 2.51. The van der Waals surface area contributed by atoms with Gasteiger partial charge >= 0.3 is 0 Å². The number of nitrogens with zero attached hydrogens (tertiary/aromatic N) is 3. The topological polar surface area (TPSA) is 52.7 Å². The van der Waals surface area contributed by atoms with Crippen LogP contribution < -0.4 is 5.43 Å². The molecule has 3 aliphatic rings. The SMILES string of the molecule is c1cc2c3n(cnc-2n1)N3. The van der Waals surface area contributed by atoms with Crippen molar-refractivity contribution in [2.75, 3.05) is 5.43 Å². The first-order valence-corrected chi connectivity index (χ1v) is 3.04. The van der Waals surface area contributed by atoms with Crippen molar-refractivity contribution in [2.45, 2.75) is 0 Å². The van der Waals surface area contributed by atoms with Crippen molar-refractivity contribution in [1.29, 1.82) is 0 Å². The molecule has 10 heavy (non-hydrogen) atoms. The Morgan fingerprint density at radius 1 is 1.40 bits per heavy atom. The first-order chi connectivity index (χ1) is 4.95. The summed E-state index contributed by atoms with van der Waals surface area (Å²) in [5.74, 6) is 1.93. The summed E-state index contributed by atoms with van der Waals surface area (Å²) >= 11 is 0. The average Bonchev–Trinajstić information content (AvgIpc) is 2.60. The highest BCUT2D eigenvalue weighted by Gasteiger charge is 2.22. The smallest absolute Gasteiger partial charge is 0.164 e. The first-order valence-electron chi connectivity index (χ1n) is 3.04. The van der Waals surface area contributed by atoms with E-state index in [-0.39, 0.29) is 0 Å². The Kier molecular flexibility index (Phi) is 0.484. The van der Waals surface area contributed by atoms with Gasteiger partial charge in [-0.05, 0) is 6.07 Å². The van der Waals surface area contributed by atoms with Crippen LogP contribution in [0, 0.1) is 0 Å². The number of nitrogens with one attached hydrogen (secondary N) is 1. The van der Waals surface area contributed by atoms with E-state index in [1.54, 1.807) is 12.5 Å². The van der Waals surface area contributed by atoms with Crippen LogP contribution in [-0.4, -0.2) is 14.6 Å². The fraction of sp³-hybridized carbons (Fsp3) is 0. The molecule has 0 aromatic heterocycles. The summed E-state index contributed by atoms with van der Waals surface area (Å²) in [6.07, 6.45) is 3.49. The summed E-state index contributed by atoms with van der Waals surface area (Å²) in [5.41, 5.74) is 4.13. The predicted octanol–water partition coefficient (Wildman–Crippen LogP) is 0.571. The number of hydrogen-bond acceptors (Lipinski definition) is 3. The van der Waals surface area contributed by atoms with Crippen molar-refractivity contribution in [3.8, 4) is 11.4 Å². The standard InChI is InChI=1S/C6H4N4/c1-2-7-5-4(1)6-9-10(6)3-8-5/h1-3,9H. The van der Waals surface area contributed by atoms with Gasteiger partial charge in [-0.25, -0.2) is 14.6 Å². The molecule has 0 spiro atoms. The lowest BCUT2D eigenvalue weighted by Crippen LogP contribution is -1.81. The lowest BCUT2D eigenvalue weighted by molar-refractivity contribution is 1.09. The van der Waals surface area contributed by atoms with Crippen LogP contribution in [0.25, 0.3) is 11.4 Å². The van der Waals surface area contributed by atoms with E-state index in [0.717, 1.165) is 17.2 Å². The van der Waals surface area contributed by atoms with E-state index < -0.39 is 0 Å². The van der Waals surface area contributed by atoms with E-state index in [1.807, 2.05) is 10.7 Å². The Bertz CT molecular complexity index is 364. The van der Waals surface area contributed by atoms with Crippen molar-refractivity contribution in [3.63, 3.8) is 0 Å². The molecule has 48 valence electrons. The zero-order chi connectivity index (χ0) is 6.55. The van der Waals surface area contributed by atoms with Gasteiger partial charge < -0.3 is 0 Å². The lowest BCUT2D eigenvalue weighted by Gasteiger charge is -1.86. The summed E-state index contributed by atoms with van der Waals surface area (Å²) in [5, 5.41) is 0. The van der Waals surface area contributed by atoms with Gasteiger partial charge in [0, 0.05) is 6.20 Å². The Labute approximate surface area is 56.8 Å². The summed E-state index contributed by atoms with van der Waals surface area (Å²) in [6.45, 7) is 0. The molecule has 0 radical (unpaired) electrons. The van der Waals surface area contributed by atoms with E-state index in [2.05, 4.69) is 15.4 Å². The van der Waals surface area contributed by atoms with Crippen LogP contribution in [0.2, 0.25) is 0 Å². The number of fused-ring (bicyclic) bond motifs is 3. The van der Waals surface area contributed by atoms with Gasteiger partial charge in [0.1, 0.15) is 6.33 Å². The van der Waals surface area contributed by atoms with Crippen LogP contribution in [0.1, 0.15) is 0 Å². The largest absolute Gasteiger partial charge is 0.274 e. The second-order valence-corrected chi connectivity index (χ2v) is 2.26. The molecule has 3 rings (SSSR count). The minimum absolute atomic E-state index is 0.816. The Morgan fingerprint density at radius 3 is 3.40 bits per heavy atom. The maximum absolute atomic E-state index is 4.08. The second-order valence-electron chi connectivity index (χ2n) is 2.26. The predicted molar refractivity (Wildman–Crippen MR) is 35.7 cm³/mol. The third-order valence-corrected chi connectivity index (χ3v) is 1.65. The molecule has 4 nitrogen and oxygen atoms in total. The average molecular weight is 132 g/mol. The molecule has 3 heterocycles. The van der Waals surface area contributed by atoms with Gasteiger partial charge in [-0.2, -0.15) is 0 Å². The number of hydrogen-bond donors (Lipinski definition) is 1. The van der Waals surface area contributed by atoms with Gasteiger partial charge in [-0.1, -0.05) is 0 Å². The van der Waals surface area contributed by atoms with Crippen LogP contribution in [0.4, 0.5) is 5.82 Å². The summed E-state index contributed by atoms with van der Waals surface area (Å²) in [4.78, 5) is 8.13. The molecule has 0 atom stereocenters. The van der Waals surface area contributed by atoms with Crippen LogP contribution in [0.3, 0.4) is 0 Å². The van der Waals surface area contributed by atoms with Crippen molar-refractivity contribution in [1.82, 2.24) is 14.6 Å². The highest BCUT2D eigenvalue weighted by atomic mass is 15.6. The normalized spacial score (nSPS) is 12.8. The molecule has 4 heteroatoms. The van der Waals surface area contributed by atoms with Crippen molar-refractivity contribution >= 4 is 5.82 Å². The van der Waals surface area contributed by atoms with Crippen molar-refractivity contribution in [2.24, 2.45) is 0 Å². The molecule has 3 aliphatic heterocycles. The molecule has 0 unspecified atom stereocenters. The Morgan fingerprint density at radius 2 is 2.40 bits per heavy atom. The van der Waals surface area contributed by atoms with Crippen LogP contribution in [0.5, 0.6) is 0 Å². The van der Waals surface area contributed by atoms with Gasteiger partial charge in [0.15, 0.2) is 11.6 Å². The number of aromatic nitrogens is 3. The first kappa shape index (κ1) is 4.27. The molecule has 0 amide bonds. The van der Waals surface area contributed by atoms with E-state index in [0.29, 0.717) is 0 Å². The number of anilines is 1. The van der Waals surface area contributed by atoms with Gasteiger partial charge in [-0.15, -0.1) is 0 Å². The molecule has 0 aromatic carbocycles. The highest BCUT2D eigenvalue weighted by Crippen LogP contribution is 2.33. The molecule has 0 aromatic rings. The molecule has 0 aliphatic carbocycles. The lowest BCUT2D eigenvalue weighted by atomic mass is 10.3. The summed E-state index contributed by atoms with van der Waals surface area (Å²) in [7, 11) is 0. The fourth-order valence-electron chi connectivity index (χ4n) is 1.09. The van der Waals surface area contributed by atoms with Crippen molar-refractivity contribution in [3.05, 3.63) is 18.6 Å². The number of rotatable bonds is 0. The van der Waals surface area contributed by atoms with E-state index >= 15 is 0 Å². The van der Waals surface area contributed by atoms with Gasteiger partial charge in [0.2, 0.25) is 0 Å². The zero-order valence-electron chi connectivity index (χ0n) is 5.07.